The third-order valence-electron chi connectivity index (χ3n) is 3.59. The summed E-state index contributed by atoms with van der Waals surface area (Å²) in [5.41, 5.74) is 2.01. The molecule has 94 valence electrons. The first-order valence-corrected chi connectivity index (χ1v) is 6.13. The maximum absolute atomic E-state index is 11.0. The zero-order valence-electron chi connectivity index (χ0n) is 9.89. The number of pyridine rings is 1. The Hall–Kier alpha value is -1.88. The van der Waals surface area contributed by atoms with Gasteiger partial charge in [0, 0.05) is 17.8 Å². The highest BCUT2D eigenvalue weighted by molar-refractivity contribution is 5.76. The first kappa shape index (κ1) is 11.2. The van der Waals surface area contributed by atoms with Crippen molar-refractivity contribution < 1.29 is 9.90 Å². The van der Waals surface area contributed by atoms with E-state index in [1.165, 1.54) is 0 Å². The van der Waals surface area contributed by atoms with Gasteiger partial charge in [-0.15, -0.1) is 0 Å². The number of piperidine rings is 1. The van der Waals surface area contributed by atoms with Gasteiger partial charge < -0.3 is 15.4 Å². The summed E-state index contributed by atoms with van der Waals surface area (Å²) in [5, 5.41) is 13.2. The maximum Gasteiger partial charge on any atom is 0.320 e. The normalized spacial score (nSPS) is 24.2. The quantitative estimate of drug-likeness (QED) is 0.749. The van der Waals surface area contributed by atoms with Gasteiger partial charge in [0.15, 0.2) is 0 Å². The van der Waals surface area contributed by atoms with E-state index in [4.69, 9.17) is 5.11 Å². The highest BCUT2D eigenvalue weighted by Gasteiger charge is 2.27. The van der Waals surface area contributed by atoms with Crippen molar-refractivity contribution in [2.75, 3.05) is 6.54 Å². The molecule has 1 saturated heterocycles. The van der Waals surface area contributed by atoms with Crippen LogP contribution in [0.2, 0.25) is 0 Å². The summed E-state index contributed by atoms with van der Waals surface area (Å²) in [6.07, 6.45) is 5.31. The molecule has 5 heteroatoms. The average molecular weight is 245 g/mol. The van der Waals surface area contributed by atoms with Gasteiger partial charge in [-0.25, -0.2) is 4.98 Å². The number of fused-ring (bicyclic) bond motifs is 1. The van der Waals surface area contributed by atoms with Gasteiger partial charge in [0.1, 0.15) is 11.7 Å². The van der Waals surface area contributed by atoms with Crippen LogP contribution in [-0.4, -0.2) is 33.6 Å². The molecule has 0 amide bonds. The molecule has 0 aromatic carbocycles. The minimum absolute atomic E-state index is 0.277. The Labute approximate surface area is 104 Å². The van der Waals surface area contributed by atoms with Gasteiger partial charge in [0.25, 0.3) is 0 Å². The molecule has 2 aromatic rings. The van der Waals surface area contributed by atoms with Crippen molar-refractivity contribution in [3.63, 3.8) is 0 Å². The van der Waals surface area contributed by atoms with Crippen LogP contribution in [-0.2, 0) is 4.79 Å². The number of aliphatic carboxylic acids is 1. The number of carboxylic acids is 1. The van der Waals surface area contributed by atoms with Crippen LogP contribution >= 0.6 is 0 Å². The number of nitrogens with one attached hydrogen (secondary N) is 2. The Morgan fingerprint density at radius 3 is 3.22 bits per heavy atom. The predicted molar refractivity (Wildman–Crippen MR) is 67.5 cm³/mol. The molecule has 0 aliphatic carbocycles. The van der Waals surface area contributed by atoms with Gasteiger partial charge in [-0.1, -0.05) is 0 Å². The van der Waals surface area contributed by atoms with Crippen LogP contribution in [0.5, 0.6) is 0 Å². The summed E-state index contributed by atoms with van der Waals surface area (Å²) in [4.78, 5) is 18.4. The molecule has 0 bridgehead atoms. The number of hydrogen-bond donors (Lipinski definition) is 3. The molecule has 3 rings (SSSR count). The summed E-state index contributed by atoms with van der Waals surface area (Å²) >= 11 is 0. The van der Waals surface area contributed by atoms with Gasteiger partial charge >= 0.3 is 5.97 Å². The highest BCUT2D eigenvalue weighted by atomic mass is 16.4. The predicted octanol–water partition coefficient (Wildman–Crippen LogP) is 1.48. The molecular weight excluding hydrogens is 230 g/mol. The van der Waals surface area contributed by atoms with Gasteiger partial charge in [-0.3, -0.25) is 4.79 Å². The molecule has 2 atom stereocenters. The first-order chi connectivity index (χ1) is 8.74. The highest BCUT2D eigenvalue weighted by Crippen LogP contribution is 2.28. The lowest BCUT2D eigenvalue weighted by Gasteiger charge is -2.27. The molecule has 1 fully saturated rings. The fourth-order valence-corrected chi connectivity index (χ4v) is 2.59. The largest absolute Gasteiger partial charge is 0.480 e. The van der Waals surface area contributed by atoms with Crippen LogP contribution in [0.15, 0.2) is 24.5 Å². The second-order valence-electron chi connectivity index (χ2n) is 4.75. The van der Waals surface area contributed by atoms with Crippen molar-refractivity contribution in [3.8, 4) is 0 Å². The number of hydrogen-bond acceptors (Lipinski definition) is 3. The van der Waals surface area contributed by atoms with Gasteiger partial charge in [0.05, 0.1) is 0 Å². The molecule has 3 N–H and O–H groups in total. The van der Waals surface area contributed by atoms with Gasteiger partial charge in [-0.05, 0) is 43.0 Å². The van der Waals surface area contributed by atoms with Crippen LogP contribution in [0.3, 0.4) is 0 Å². The summed E-state index contributed by atoms with van der Waals surface area (Å²) < 4.78 is 0. The average Bonchev–Trinajstić information content (AvgIpc) is 2.86. The van der Waals surface area contributed by atoms with Crippen molar-refractivity contribution in [2.24, 2.45) is 0 Å². The van der Waals surface area contributed by atoms with Gasteiger partial charge in [-0.2, -0.15) is 0 Å². The monoisotopic (exact) mass is 245 g/mol. The molecule has 1 aliphatic heterocycles. The summed E-state index contributed by atoms with van der Waals surface area (Å²) in [7, 11) is 0. The second-order valence-corrected chi connectivity index (χ2v) is 4.75. The molecule has 1 aliphatic rings. The number of aromatic amines is 1. The molecule has 2 aromatic heterocycles. The smallest absolute Gasteiger partial charge is 0.320 e. The molecule has 18 heavy (non-hydrogen) atoms. The number of H-pyrrole nitrogens is 1. The van der Waals surface area contributed by atoms with Crippen molar-refractivity contribution in [3.05, 3.63) is 30.1 Å². The SMILES string of the molecule is O=C(O)C1CC(c2cnc3[nH]ccc3c2)CCN1. The minimum Gasteiger partial charge on any atom is -0.480 e. The lowest BCUT2D eigenvalue weighted by atomic mass is 9.87. The summed E-state index contributed by atoms with van der Waals surface area (Å²) in [5.74, 6) is -0.491. The van der Waals surface area contributed by atoms with E-state index in [0.29, 0.717) is 6.42 Å². The van der Waals surface area contributed by atoms with Crippen LogP contribution in [0.4, 0.5) is 0 Å². The number of rotatable bonds is 2. The lowest BCUT2D eigenvalue weighted by Crippen LogP contribution is -2.42. The van der Waals surface area contributed by atoms with Crippen molar-refractivity contribution in [1.29, 1.82) is 0 Å². The third kappa shape index (κ3) is 1.97. The summed E-state index contributed by atoms with van der Waals surface area (Å²) in [6, 6.07) is 3.65. The number of carbonyl (C=O) groups is 1. The van der Waals surface area contributed by atoms with E-state index in [-0.39, 0.29) is 5.92 Å². The van der Waals surface area contributed by atoms with Crippen LogP contribution in [0, 0.1) is 0 Å². The van der Waals surface area contributed by atoms with Crippen molar-refractivity contribution >= 4 is 17.0 Å². The summed E-state index contributed by atoms with van der Waals surface area (Å²) in [6.45, 7) is 0.743. The van der Waals surface area contributed by atoms with Crippen LogP contribution in [0.25, 0.3) is 11.0 Å². The fraction of sp³-hybridized carbons (Fsp3) is 0.385. The molecule has 0 spiro atoms. The van der Waals surface area contributed by atoms with E-state index < -0.39 is 12.0 Å². The Kier molecular flexibility index (Phi) is 2.76. The van der Waals surface area contributed by atoms with E-state index in [1.54, 1.807) is 0 Å². The zero-order chi connectivity index (χ0) is 12.5. The van der Waals surface area contributed by atoms with E-state index in [9.17, 15) is 4.79 Å². The van der Waals surface area contributed by atoms with Crippen LogP contribution in [0.1, 0.15) is 24.3 Å². The van der Waals surface area contributed by atoms with E-state index in [1.807, 2.05) is 18.5 Å². The first-order valence-electron chi connectivity index (χ1n) is 6.13. The fourth-order valence-electron chi connectivity index (χ4n) is 2.59. The molecule has 2 unspecified atom stereocenters. The Balaban J connectivity index is 1.86. The van der Waals surface area contributed by atoms with Gasteiger partial charge in [0.2, 0.25) is 0 Å². The topological polar surface area (TPSA) is 78.0 Å². The molecule has 3 heterocycles. The van der Waals surface area contributed by atoms with Crippen molar-refractivity contribution in [1.82, 2.24) is 15.3 Å². The molecular formula is C13H15N3O2. The Morgan fingerprint density at radius 2 is 2.39 bits per heavy atom. The Morgan fingerprint density at radius 1 is 1.50 bits per heavy atom. The molecule has 5 nitrogen and oxygen atoms in total. The van der Waals surface area contributed by atoms with E-state index in [0.717, 1.165) is 29.6 Å². The number of aromatic nitrogens is 2. The maximum atomic E-state index is 11.0. The molecule has 0 radical (unpaired) electrons. The number of nitrogens with zero attached hydrogens (tertiary/aromatic N) is 1. The van der Waals surface area contributed by atoms with Crippen LogP contribution < -0.4 is 5.32 Å². The lowest BCUT2D eigenvalue weighted by molar-refractivity contribution is -0.140. The second kappa shape index (κ2) is 4.42. The minimum atomic E-state index is -0.768. The number of carboxylic acid groups (broad SMARTS) is 1. The Bertz CT molecular complexity index is 578. The van der Waals surface area contributed by atoms with E-state index in [2.05, 4.69) is 21.4 Å². The third-order valence-corrected chi connectivity index (χ3v) is 3.59. The molecule has 0 saturated carbocycles. The zero-order valence-corrected chi connectivity index (χ0v) is 9.89. The standard InChI is InChI=1S/C13H15N3O2/c17-13(18)11-6-8(1-3-14-11)10-5-9-2-4-15-12(9)16-7-10/h2,4-5,7-8,11,14H,1,3,6H2,(H,15,16)(H,17,18). The van der Waals surface area contributed by atoms with E-state index >= 15 is 0 Å². The van der Waals surface area contributed by atoms with Crippen molar-refractivity contribution in [2.45, 2.75) is 24.8 Å².